The monoisotopic (exact) mass is 401 g/mol. The minimum atomic E-state index is -4.58. The Morgan fingerprint density at radius 1 is 1.17 bits per heavy atom. The molecule has 2 saturated heterocycles. The van der Waals surface area contributed by atoms with Crippen LogP contribution in [0.1, 0.15) is 31.2 Å². The Kier molecular flexibility index (Phi) is 4.01. The van der Waals surface area contributed by atoms with Gasteiger partial charge in [0.05, 0.1) is 5.56 Å². The molecule has 2 fully saturated rings. The summed E-state index contributed by atoms with van der Waals surface area (Å²) in [4.78, 5) is 22.5. The van der Waals surface area contributed by atoms with Gasteiger partial charge in [-0.1, -0.05) is 0 Å². The molecule has 3 aromatic heterocycles. The first-order valence-corrected chi connectivity index (χ1v) is 9.50. The van der Waals surface area contributed by atoms with Crippen molar-refractivity contribution in [1.82, 2.24) is 19.3 Å². The molecule has 2 amide bonds. The van der Waals surface area contributed by atoms with Crippen molar-refractivity contribution in [3.63, 3.8) is 0 Å². The molecule has 0 spiro atoms. The van der Waals surface area contributed by atoms with E-state index in [1.54, 1.807) is 33.8 Å². The maximum atomic E-state index is 13.6. The van der Waals surface area contributed by atoms with Crippen LogP contribution in [0.2, 0.25) is 0 Å². The zero-order chi connectivity index (χ0) is 20.2. The zero-order valence-corrected chi connectivity index (χ0v) is 15.4. The lowest BCUT2D eigenvalue weighted by molar-refractivity contribution is -0.137. The van der Waals surface area contributed by atoms with Crippen molar-refractivity contribution in [2.75, 3.05) is 5.32 Å². The van der Waals surface area contributed by atoms with E-state index >= 15 is 0 Å². The zero-order valence-electron chi connectivity index (χ0n) is 15.4. The molecule has 2 atom stereocenters. The SMILES string of the molecule is O=C(Nc1cc(-c2cnc3cccn3c2)c(C(F)(F)F)cn1)N1C2CCCC1C2. The van der Waals surface area contributed by atoms with Gasteiger partial charge in [-0.15, -0.1) is 0 Å². The van der Waals surface area contributed by atoms with E-state index in [1.807, 2.05) is 0 Å². The topological polar surface area (TPSA) is 62.5 Å². The number of nitrogens with one attached hydrogen (secondary N) is 1. The van der Waals surface area contributed by atoms with Crippen molar-refractivity contribution < 1.29 is 18.0 Å². The summed E-state index contributed by atoms with van der Waals surface area (Å²) < 4.78 is 42.3. The van der Waals surface area contributed by atoms with Crippen molar-refractivity contribution in [2.45, 2.75) is 43.9 Å². The number of anilines is 1. The van der Waals surface area contributed by atoms with Crippen LogP contribution in [0.3, 0.4) is 0 Å². The number of carbonyl (C=O) groups excluding carboxylic acids is 1. The van der Waals surface area contributed by atoms with E-state index in [1.165, 1.54) is 12.3 Å². The van der Waals surface area contributed by atoms with E-state index in [9.17, 15) is 18.0 Å². The molecule has 0 saturated carbocycles. The molecule has 6 nitrogen and oxygen atoms in total. The Labute approximate surface area is 164 Å². The van der Waals surface area contributed by atoms with Crippen LogP contribution >= 0.6 is 0 Å². The first-order chi connectivity index (χ1) is 13.9. The van der Waals surface area contributed by atoms with Gasteiger partial charge in [0.15, 0.2) is 0 Å². The fourth-order valence-corrected chi connectivity index (χ4v) is 4.36. The first kappa shape index (κ1) is 18.0. The van der Waals surface area contributed by atoms with Gasteiger partial charge < -0.3 is 9.30 Å². The molecule has 0 aliphatic carbocycles. The predicted octanol–water partition coefficient (Wildman–Crippen LogP) is 4.57. The highest BCUT2D eigenvalue weighted by Crippen LogP contribution is 2.40. The van der Waals surface area contributed by atoms with Crippen molar-refractivity contribution >= 4 is 17.5 Å². The van der Waals surface area contributed by atoms with Crippen LogP contribution in [-0.2, 0) is 6.18 Å². The first-order valence-electron chi connectivity index (χ1n) is 9.50. The molecule has 9 heteroatoms. The van der Waals surface area contributed by atoms with E-state index in [4.69, 9.17) is 0 Å². The van der Waals surface area contributed by atoms with Gasteiger partial charge in [-0.3, -0.25) is 5.32 Å². The van der Waals surface area contributed by atoms with Crippen LogP contribution in [0.15, 0.2) is 43.0 Å². The lowest BCUT2D eigenvalue weighted by Crippen LogP contribution is -2.62. The molecule has 150 valence electrons. The highest BCUT2D eigenvalue weighted by atomic mass is 19.4. The Morgan fingerprint density at radius 2 is 1.97 bits per heavy atom. The highest BCUT2D eigenvalue weighted by molar-refractivity contribution is 5.90. The Morgan fingerprint density at radius 3 is 2.69 bits per heavy atom. The Balaban J connectivity index is 1.49. The number of alkyl halides is 3. The summed E-state index contributed by atoms with van der Waals surface area (Å²) in [6.07, 6.45) is 4.93. The second-order valence-electron chi connectivity index (χ2n) is 7.54. The van der Waals surface area contributed by atoms with Gasteiger partial charge in [0.25, 0.3) is 0 Å². The van der Waals surface area contributed by atoms with Gasteiger partial charge in [0.2, 0.25) is 0 Å². The lowest BCUT2D eigenvalue weighted by Gasteiger charge is -2.52. The van der Waals surface area contributed by atoms with Crippen molar-refractivity contribution in [3.8, 4) is 11.1 Å². The fraction of sp³-hybridized carbons (Fsp3) is 0.350. The Hall–Kier alpha value is -3.10. The minimum absolute atomic E-state index is 0.0743. The Bertz CT molecular complexity index is 1080. The number of piperidine rings is 1. The predicted molar refractivity (Wildman–Crippen MR) is 100 cm³/mol. The standard InChI is InChI=1S/C20H18F3N5O/c21-20(22,23)16-10-24-17(26-19(29)28-13-3-1-4-14(28)7-13)8-15(16)12-9-25-18-5-2-6-27(18)11-12/h2,5-6,8-11,13-14H,1,3-4,7H2,(H,24,26,29). The molecule has 29 heavy (non-hydrogen) atoms. The molecule has 2 bridgehead atoms. The van der Waals surface area contributed by atoms with Crippen LogP contribution < -0.4 is 5.32 Å². The largest absolute Gasteiger partial charge is 0.418 e. The smallest absolute Gasteiger partial charge is 0.318 e. The second-order valence-corrected chi connectivity index (χ2v) is 7.54. The molecular weight excluding hydrogens is 383 g/mol. The van der Waals surface area contributed by atoms with Crippen molar-refractivity contribution in [3.05, 3.63) is 48.5 Å². The van der Waals surface area contributed by atoms with E-state index in [0.717, 1.165) is 31.9 Å². The third-order valence-electron chi connectivity index (χ3n) is 5.77. The van der Waals surface area contributed by atoms with Crippen LogP contribution in [-0.4, -0.2) is 37.4 Å². The van der Waals surface area contributed by atoms with Crippen LogP contribution in [0.4, 0.5) is 23.8 Å². The van der Waals surface area contributed by atoms with E-state index in [2.05, 4.69) is 15.3 Å². The number of hydrogen-bond acceptors (Lipinski definition) is 3. The number of nitrogens with zero attached hydrogens (tertiary/aromatic N) is 4. The minimum Gasteiger partial charge on any atom is -0.318 e. The number of pyridine rings is 1. The maximum Gasteiger partial charge on any atom is 0.418 e. The van der Waals surface area contributed by atoms with Gasteiger partial charge in [0, 0.05) is 48.0 Å². The molecule has 5 rings (SSSR count). The molecule has 0 radical (unpaired) electrons. The second kappa shape index (κ2) is 6.47. The summed E-state index contributed by atoms with van der Waals surface area (Å²) >= 11 is 0. The third-order valence-corrected chi connectivity index (χ3v) is 5.77. The molecule has 2 aliphatic heterocycles. The summed E-state index contributed by atoms with van der Waals surface area (Å²) in [6.45, 7) is 0. The molecular formula is C20H18F3N5O. The van der Waals surface area contributed by atoms with Crippen LogP contribution in [0.5, 0.6) is 0 Å². The number of amides is 2. The molecule has 5 heterocycles. The van der Waals surface area contributed by atoms with Gasteiger partial charge >= 0.3 is 12.2 Å². The number of hydrogen-bond donors (Lipinski definition) is 1. The van der Waals surface area contributed by atoms with Gasteiger partial charge in [-0.25, -0.2) is 14.8 Å². The number of urea groups is 1. The van der Waals surface area contributed by atoms with Crippen LogP contribution in [0.25, 0.3) is 16.8 Å². The average Bonchev–Trinajstić information content (AvgIpc) is 3.15. The number of fused-ring (bicyclic) bond motifs is 3. The fourth-order valence-electron chi connectivity index (χ4n) is 4.36. The number of carbonyl (C=O) groups is 1. The van der Waals surface area contributed by atoms with E-state index in [-0.39, 0.29) is 29.5 Å². The van der Waals surface area contributed by atoms with Gasteiger partial charge in [0.1, 0.15) is 11.5 Å². The van der Waals surface area contributed by atoms with E-state index in [0.29, 0.717) is 11.2 Å². The number of aromatic nitrogens is 3. The van der Waals surface area contributed by atoms with Crippen LogP contribution in [0, 0.1) is 0 Å². The molecule has 0 aromatic carbocycles. The van der Waals surface area contributed by atoms with Gasteiger partial charge in [-0.05, 0) is 43.9 Å². The van der Waals surface area contributed by atoms with E-state index < -0.39 is 11.7 Å². The molecule has 2 unspecified atom stereocenters. The maximum absolute atomic E-state index is 13.6. The summed E-state index contributed by atoms with van der Waals surface area (Å²) in [5.41, 5.74) is -0.0201. The molecule has 2 aliphatic rings. The number of rotatable bonds is 2. The summed E-state index contributed by atoms with van der Waals surface area (Å²) in [5, 5.41) is 2.67. The lowest BCUT2D eigenvalue weighted by atomic mass is 9.80. The van der Waals surface area contributed by atoms with Gasteiger partial charge in [-0.2, -0.15) is 13.2 Å². The molecule has 3 aromatic rings. The van der Waals surface area contributed by atoms with Crippen molar-refractivity contribution in [2.24, 2.45) is 0 Å². The molecule has 1 N–H and O–H groups in total. The number of halogens is 3. The summed E-state index contributed by atoms with van der Waals surface area (Å²) in [7, 11) is 0. The van der Waals surface area contributed by atoms with Crippen molar-refractivity contribution in [1.29, 1.82) is 0 Å². The highest BCUT2D eigenvalue weighted by Gasteiger charge is 2.44. The quantitative estimate of drug-likeness (QED) is 0.684. The third kappa shape index (κ3) is 3.10. The summed E-state index contributed by atoms with van der Waals surface area (Å²) in [5.74, 6) is 0.0931. The normalized spacial score (nSPS) is 21.1. The average molecular weight is 401 g/mol. The summed E-state index contributed by atoms with van der Waals surface area (Å²) in [6, 6.07) is 4.94.